The van der Waals surface area contributed by atoms with Crippen molar-refractivity contribution in [2.24, 2.45) is 0 Å². The summed E-state index contributed by atoms with van der Waals surface area (Å²) in [5.41, 5.74) is 0.927. The van der Waals surface area contributed by atoms with Crippen molar-refractivity contribution in [1.29, 1.82) is 0 Å². The first-order chi connectivity index (χ1) is 7.65. The number of ether oxygens (including phenoxy) is 1. The number of methoxy groups -OCH3 is 1. The molecule has 0 heterocycles. The van der Waals surface area contributed by atoms with E-state index in [1.807, 2.05) is 24.3 Å². The van der Waals surface area contributed by atoms with Crippen LogP contribution >= 0.6 is 0 Å². The number of amides is 1. The van der Waals surface area contributed by atoms with Gasteiger partial charge in [-0.3, -0.25) is 4.79 Å². The molecule has 5 nitrogen and oxygen atoms in total. The number of rotatable bonds is 4. The van der Waals surface area contributed by atoms with Crippen molar-refractivity contribution in [2.45, 2.75) is 6.42 Å². The van der Waals surface area contributed by atoms with E-state index in [0.29, 0.717) is 6.42 Å². The van der Waals surface area contributed by atoms with Crippen LogP contribution in [0.1, 0.15) is 5.56 Å². The zero-order valence-electron chi connectivity index (χ0n) is 8.90. The summed E-state index contributed by atoms with van der Waals surface area (Å²) in [6.07, 6.45) is 0.531. The Labute approximate surface area is 93.0 Å². The molecule has 0 aliphatic rings. The highest BCUT2D eigenvalue weighted by atomic mass is 16.5. The molecule has 1 aromatic rings. The molecule has 0 radical (unpaired) electrons. The summed E-state index contributed by atoms with van der Waals surface area (Å²) in [6.45, 7) is 0.269. The van der Waals surface area contributed by atoms with Crippen LogP contribution in [0, 0.1) is 0 Å². The van der Waals surface area contributed by atoms with Gasteiger partial charge in [0.15, 0.2) is 0 Å². The van der Waals surface area contributed by atoms with Gasteiger partial charge < -0.3 is 15.2 Å². The Kier molecular flexibility index (Phi) is 4.32. The van der Waals surface area contributed by atoms with Crippen LogP contribution < -0.4 is 10.1 Å². The third-order valence-electron chi connectivity index (χ3n) is 2.07. The van der Waals surface area contributed by atoms with Crippen molar-refractivity contribution in [2.75, 3.05) is 13.7 Å². The van der Waals surface area contributed by atoms with E-state index >= 15 is 0 Å². The van der Waals surface area contributed by atoms with Crippen LogP contribution in [0.5, 0.6) is 5.75 Å². The van der Waals surface area contributed by atoms with Gasteiger partial charge in [0, 0.05) is 6.54 Å². The number of carbonyl (C=O) groups excluding carboxylic acids is 1. The van der Waals surface area contributed by atoms with Crippen LogP contribution in [0.4, 0.5) is 0 Å². The van der Waals surface area contributed by atoms with E-state index in [0.717, 1.165) is 11.3 Å². The summed E-state index contributed by atoms with van der Waals surface area (Å²) < 4.78 is 5.12. The Morgan fingerprint density at radius 2 is 2.06 bits per heavy atom. The molecule has 86 valence electrons. The normalized spacial score (nSPS) is 9.56. The highest BCUT2D eigenvalue weighted by Crippen LogP contribution is 2.16. The standard InChI is InChI=1S/C11H13NO4/c1-16-9-5-3-2-4-8(9)6-7-12-10(13)11(14)15/h2-5H,6-7H2,1H3,(H,12,13)(H,14,15). The molecule has 0 aromatic heterocycles. The van der Waals surface area contributed by atoms with Gasteiger partial charge in [0.05, 0.1) is 7.11 Å². The first kappa shape index (κ1) is 12.0. The second kappa shape index (κ2) is 5.75. The molecule has 2 N–H and O–H groups in total. The van der Waals surface area contributed by atoms with Gasteiger partial charge in [0.2, 0.25) is 0 Å². The monoisotopic (exact) mass is 223 g/mol. The summed E-state index contributed by atoms with van der Waals surface area (Å²) in [5, 5.41) is 10.6. The third kappa shape index (κ3) is 3.27. The van der Waals surface area contributed by atoms with Crippen LogP contribution in [0.2, 0.25) is 0 Å². The first-order valence-corrected chi connectivity index (χ1v) is 4.78. The minimum atomic E-state index is -1.47. The molecule has 1 rings (SSSR count). The molecule has 16 heavy (non-hydrogen) atoms. The lowest BCUT2D eigenvalue weighted by Crippen LogP contribution is -2.32. The second-order valence-electron chi connectivity index (χ2n) is 3.12. The molecule has 0 fully saturated rings. The maximum Gasteiger partial charge on any atom is 0.394 e. The molecule has 0 unspecified atom stereocenters. The van der Waals surface area contributed by atoms with Gasteiger partial charge in [-0.2, -0.15) is 0 Å². The van der Waals surface area contributed by atoms with Crippen molar-refractivity contribution in [3.8, 4) is 5.75 Å². The van der Waals surface area contributed by atoms with Gasteiger partial charge in [-0.1, -0.05) is 18.2 Å². The molecular weight excluding hydrogens is 210 g/mol. The predicted octanol–water partition coefficient (Wildman–Crippen LogP) is 0.438. The average molecular weight is 223 g/mol. The van der Waals surface area contributed by atoms with Crippen LogP contribution in [0.25, 0.3) is 0 Å². The molecule has 0 bridgehead atoms. The number of hydrogen-bond donors (Lipinski definition) is 2. The number of benzene rings is 1. The van der Waals surface area contributed by atoms with Crippen molar-refractivity contribution >= 4 is 11.9 Å². The van der Waals surface area contributed by atoms with Crippen LogP contribution in [0.15, 0.2) is 24.3 Å². The third-order valence-corrected chi connectivity index (χ3v) is 2.07. The molecule has 0 spiro atoms. The summed E-state index contributed by atoms with van der Waals surface area (Å²) in [5.74, 6) is -1.73. The molecule has 1 aromatic carbocycles. The highest BCUT2D eigenvalue weighted by molar-refractivity contribution is 6.31. The lowest BCUT2D eigenvalue weighted by Gasteiger charge is -2.07. The molecule has 0 saturated carbocycles. The minimum absolute atomic E-state index is 0.269. The highest BCUT2D eigenvalue weighted by Gasteiger charge is 2.09. The van der Waals surface area contributed by atoms with E-state index in [-0.39, 0.29) is 6.54 Å². The topological polar surface area (TPSA) is 75.6 Å². The quantitative estimate of drug-likeness (QED) is 0.726. The summed E-state index contributed by atoms with van der Waals surface area (Å²) in [6, 6.07) is 7.38. The van der Waals surface area contributed by atoms with Gasteiger partial charge in [0.1, 0.15) is 5.75 Å². The molecule has 0 aliphatic carbocycles. The van der Waals surface area contributed by atoms with E-state index < -0.39 is 11.9 Å². The van der Waals surface area contributed by atoms with E-state index in [4.69, 9.17) is 9.84 Å². The summed E-state index contributed by atoms with van der Waals surface area (Å²) >= 11 is 0. The number of nitrogens with one attached hydrogen (secondary N) is 1. The smallest absolute Gasteiger partial charge is 0.394 e. The van der Waals surface area contributed by atoms with Gasteiger partial charge in [-0.15, -0.1) is 0 Å². The zero-order chi connectivity index (χ0) is 12.0. The van der Waals surface area contributed by atoms with Crippen molar-refractivity contribution < 1.29 is 19.4 Å². The van der Waals surface area contributed by atoms with E-state index in [1.165, 1.54) is 0 Å². The molecule has 0 aliphatic heterocycles. The first-order valence-electron chi connectivity index (χ1n) is 4.78. The number of carboxylic acids is 1. The number of carbonyl (C=O) groups is 2. The fourth-order valence-electron chi connectivity index (χ4n) is 1.30. The van der Waals surface area contributed by atoms with Gasteiger partial charge in [-0.05, 0) is 18.1 Å². The van der Waals surface area contributed by atoms with Crippen molar-refractivity contribution in [1.82, 2.24) is 5.32 Å². The fourth-order valence-corrected chi connectivity index (χ4v) is 1.30. The van der Waals surface area contributed by atoms with Gasteiger partial charge in [0.25, 0.3) is 0 Å². The van der Waals surface area contributed by atoms with Gasteiger partial charge in [-0.25, -0.2) is 4.79 Å². The number of carboxylic acid groups (broad SMARTS) is 1. The van der Waals surface area contributed by atoms with Crippen molar-refractivity contribution in [3.63, 3.8) is 0 Å². The van der Waals surface area contributed by atoms with Crippen LogP contribution in [-0.2, 0) is 16.0 Å². The largest absolute Gasteiger partial charge is 0.496 e. The molecule has 5 heteroatoms. The Balaban J connectivity index is 2.48. The number of aliphatic carboxylic acids is 1. The van der Waals surface area contributed by atoms with Crippen molar-refractivity contribution in [3.05, 3.63) is 29.8 Å². The molecular formula is C11H13NO4. The summed E-state index contributed by atoms with van der Waals surface area (Å²) in [7, 11) is 1.56. The number of para-hydroxylation sites is 1. The second-order valence-corrected chi connectivity index (χ2v) is 3.12. The van der Waals surface area contributed by atoms with Gasteiger partial charge >= 0.3 is 11.9 Å². The van der Waals surface area contributed by atoms with E-state index in [2.05, 4.69) is 5.32 Å². The average Bonchev–Trinajstić information content (AvgIpc) is 2.29. The molecule has 1 amide bonds. The maximum absolute atomic E-state index is 10.7. The Morgan fingerprint density at radius 1 is 1.38 bits per heavy atom. The Morgan fingerprint density at radius 3 is 2.69 bits per heavy atom. The number of hydrogen-bond acceptors (Lipinski definition) is 3. The Bertz CT molecular complexity index is 389. The minimum Gasteiger partial charge on any atom is -0.496 e. The fraction of sp³-hybridized carbons (Fsp3) is 0.273. The van der Waals surface area contributed by atoms with Crippen LogP contribution in [0.3, 0.4) is 0 Å². The predicted molar refractivity (Wildman–Crippen MR) is 57.3 cm³/mol. The lowest BCUT2D eigenvalue weighted by atomic mass is 10.1. The molecule has 0 atom stereocenters. The maximum atomic E-state index is 10.7. The SMILES string of the molecule is COc1ccccc1CCNC(=O)C(=O)O. The van der Waals surface area contributed by atoms with E-state index in [1.54, 1.807) is 7.11 Å². The zero-order valence-corrected chi connectivity index (χ0v) is 8.90. The Hall–Kier alpha value is -2.04. The van der Waals surface area contributed by atoms with E-state index in [9.17, 15) is 9.59 Å². The van der Waals surface area contributed by atoms with Crippen LogP contribution in [-0.4, -0.2) is 30.6 Å². The summed E-state index contributed by atoms with van der Waals surface area (Å²) in [4.78, 5) is 21.0. The molecule has 0 saturated heterocycles. The lowest BCUT2D eigenvalue weighted by molar-refractivity contribution is -0.150.